The van der Waals surface area contributed by atoms with Crippen LogP contribution in [0.3, 0.4) is 0 Å². The average Bonchev–Trinajstić information content (AvgIpc) is 2.55. The van der Waals surface area contributed by atoms with Gasteiger partial charge in [-0.05, 0) is 31.0 Å². The largest absolute Gasteiger partial charge is 0.488 e. The first-order valence-corrected chi connectivity index (χ1v) is 7.70. The fourth-order valence-electron chi connectivity index (χ4n) is 2.09. The predicted molar refractivity (Wildman–Crippen MR) is 88.0 cm³/mol. The van der Waals surface area contributed by atoms with E-state index in [0.717, 1.165) is 24.1 Å². The maximum Gasteiger partial charge on any atom is 0.315 e. The first-order valence-electron chi connectivity index (χ1n) is 7.70. The fourth-order valence-corrected chi connectivity index (χ4v) is 2.09. The summed E-state index contributed by atoms with van der Waals surface area (Å²) in [4.78, 5) is 11.8. The Bertz CT molecular complexity index is 665. The highest BCUT2D eigenvalue weighted by Crippen LogP contribution is 2.17. The summed E-state index contributed by atoms with van der Waals surface area (Å²) in [5.41, 5.74) is 1.14. The number of ether oxygens (including phenoxy) is 1. The van der Waals surface area contributed by atoms with E-state index < -0.39 is 11.6 Å². The minimum absolute atomic E-state index is 0.0467. The molecule has 0 aromatic heterocycles. The van der Waals surface area contributed by atoms with Gasteiger partial charge in [0.25, 0.3) is 0 Å². The molecule has 0 saturated carbocycles. The Morgan fingerprint density at radius 2 is 1.92 bits per heavy atom. The zero-order valence-electron chi connectivity index (χ0n) is 13.4. The van der Waals surface area contributed by atoms with E-state index in [1.807, 2.05) is 30.3 Å². The topological polar surface area (TPSA) is 50.4 Å². The van der Waals surface area contributed by atoms with Crippen LogP contribution >= 0.6 is 0 Å². The molecule has 2 aromatic rings. The lowest BCUT2D eigenvalue weighted by Gasteiger charge is -2.16. The Labute approximate surface area is 139 Å². The molecule has 2 rings (SSSR count). The van der Waals surface area contributed by atoms with Gasteiger partial charge in [-0.15, -0.1) is 0 Å². The van der Waals surface area contributed by atoms with Crippen LogP contribution in [0.2, 0.25) is 0 Å². The van der Waals surface area contributed by atoms with Gasteiger partial charge in [-0.3, -0.25) is 0 Å². The van der Waals surface area contributed by atoms with Gasteiger partial charge < -0.3 is 15.4 Å². The second-order valence-electron chi connectivity index (χ2n) is 5.42. The van der Waals surface area contributed by atoms with Crippen molar-refractivity contribution < 1.29 is 18.3 Å². The lowest BCUT2D eigenvalue weighted by molar-refractivity contribution is 0.224. The van der Waals surface area contributed by atoms with Crippen LogP contribution in [0.4, 0.5) is 13.6 Å². The van der Waals surface area contributed by atoms with E-state index in [1.54, 1.807) is 6.92 Å². The molecule has 4 nitrogen and oxygen atoms in total. The maximum atomic E-state index is 13.4. The van der Waals surface area contributed by atoms with E-state index in [0.29, 0.717) is 6.54 Å². The van der Waals surface area contributed by atoms with Crippen LogP contribution in [0.1, 0.15) is 12.5 Å². The zero-order valence-corrected chi connectivity index (χ0v) is 13.4. The molecule has 0 heterocycles. The Morgan fingerprint density at radius 1 is 1.17 bits per heavy atom. The maximum absolute atomic E-state index is 13.4. The molecule has 0 radical (unpaired) electrons. The van der Waals surface area contributed by atoms with Crippen LogP contribution in [-0.2, 0) is 6.42 Å². The van der Waals surface area contributed by atoms with Gasteiger partial charge in [0, 0.05) is 12.6 Å². The Kier molecular flexibility index (Phi) is 6.54. The third kappa shape index (κ3) is 5.87. The van der Waals surface area contributed by atoms with E-state index >= 15 is 0 Å². The number of urea groups is 1. The van der Waals surface area contributed by atoms with Gasteiger partial charge in [-0.25, -0.2) is 13.6 Å². The summed E-state index contributed by atoms with van der Waals surface area (Å²) < 4.78 is 31.5. The molecule has 2 amide bonds. The summed E-state index contributed by atoms with van der Waals surface area (Å²) in [5, 5.41) is 5.45. The lowest BCUT2D eigenvalue weighted by Crippen LogP contribution is -2.43. The van der Waals surface area contributed by atoms with Crippen molar-refractivity contribution in [3.8, 4) is 5.75 Å². The van der Waals surface area contributed by atoms with E-state index in [9.17, 15) is 13.6 Å². The smallest absolute Gasteiger partial charge is 0.315 e. The van der Waals surface area contributed by atoms with Crippen molar-refractivity contribution in [2.75, 3.05) is 13.2 Å². The SMILES string of the molecule is CC(COc1ccc(F)cc1F)NC(=O)NCCc1ccccc1. The normalized spacial score (nSPS) is 11.6. The molecule has 2 aromatic carbocycles. The van der Waals surface area contributed by atoms with Gasteiger partial charge in [-0.1, -0.05) is 30.3 Å². The predicted octanol–water partition coefficient (Wildman–Crippen LogP) is 3.27. The first kappa shape index (κ1) is 17.7. The van der Waals surface area contributed by atoms with Crippen LogP contribution in [-0.4, -0.2) is 25.2 Å². The quantitative estimate of drug-likeness (QED) is 0.816. The molecule has 0 fully saturated rings. The van der Waals surface area contributed by atoms with Crippen molar-refractivity contribution >= 4 is 6.03 Å². The van der Waals surface area contributed by atoms with E-state index in [1.165, 1.54) is 6.07 Å². The number of benzene rings is 2. The molecule has 1 atom stereocenters. The number of carbonyl (C=O) groups excluding carboxylic acids is 1. The van der Waals surface area contributed by atoms with Crippen LogP contribution < -0.4 is 15.4 Å². The molecular formula is C18H20F2N2O2. The zero-order chi connectivity index (χ0) is 17.4. The molecule has 0 bridgehead atoms. The lowest BCUT2D eigenvalue weighted by atomic mass is 10.1. The van der Waals surface area contributed by atoms with Crippen molar-refractivity contribution in [1.82, 2.24) is 10.6 Å². The molecule has 0 saturated heterocycles. The molecule has 0 aliphatic heterocycles. The molecule has 128 valence electrons. The van der Waals surface area contributed by atoms with Gasteiger partial charge in [0.2, 0.25) is 0 Å². The molecule has 0 aliphatic rings. The number of halogens is 2. The summed E-state index contributed by atoms with van der Waals surface area (Å²) in [6.45, 7) is 2.32. The molecule has 0 aliphatic carbocycles. The van der Waals surface area contributed by atoms with E-state index in [-0.39, 0.29) is 24.4 Å². The molecular weight excluding hydrogens is 314 g/mol. The van der Waals surface area contributed by atoms with Crippen LogP contribution in [0, 0.1) is 11.6 Å². The number of carbonyl (C=O) groups is 1. The first-order chi connectivity index (χ1) is 11.5. The summed E-state index contributed by atoms with van der Waals surface area (Å²) in [6, 6.07) is 12.3. The molecule has 24 heavy (non-hydrogen) atoms. The van der Waals surface area contributed by atoms with Crippen molar-refractivity contribution in [2.24, 2.45) is 0 Å². The molecule has 2 N–H and O–H groups in total. The van der Waals surface area contributed by atoms with Crippen molar-refractivity contribution in [2.45, 2.75) is 19.4 Å². The van der Waals surface area contributed by atoms with Crippen molar-refractivity contribution in [3.05, 3.63) is 65.7 Å². The average molecular weight is 334 g/mol. The van der Waals surface area contributed by atoms with E-state index in [2.05, 4.69) is 10.6 Å². The van der Waals surface area contributed by atoms with Gasteiger partial charge >= 0.3 is 6.03 Å². The highest BCUT2D eigenvalue weighted by molar-refractivity contribution is 5.74. The summed E-state index contributed by atoms with van der Waals surface area (Å²) in [5.74, 6) is -1.48. The number of amides is 2. The standard InChI is InChI=1S/C18H20F2N2O2/c1-13(12-24-17-8-7-15(19)11-16(17)20)22-18(23)21-10-9-14-5-3-2-4-6-14/h2-8,11,13H,9-10,12H2,1H3,(H2,21,22,23). The number of hydrogen-bond acceptors (Lipinski definition) is 2. The van der Waals surface area contributed by atoms with Crippen molar-refractivity contribution in [3.63, 3.8) is 0 Å². The Hall–Kier alpha value is -2.63. The third-order valence-corrected chi connectivity index (χ3v) is 3.30. The summed E-state index contributed by atoms with van der Waals surface area (Å²) in [6.07, 6.45) is 0.736. The Morgan fingerprint density at radius 3 is 2.62 bits per heavy atom. The number of nitrogens with one attached hydrogen (secondary N) is 2. The fraction of sp³-hybridized carbons (Fsp3) is 0.278. The molecule has 0 spiro atoms. The second-order valence-corrected chi connectivity index (χ2v) is 5.42. The summed E-state index contributed by atoms with van der Waals surface area (Å²) in [7, 11) is 0. The van der Waals surface area contributed by atoms with Crippen LogP contribution in [0.25, 0.3) is 0 Å². The highest BCUT2D eigenvalue weighted by atomic mass is 19.1. The van der Waals surface area contributed by atoms with Gasteiger partial charge in [0.15, 0.2) is 11.6 Å². The van der Waals surface area contributed by atoms with Gasteiger partial charge in [0.1, 0.15) is 12.4 Å². The molecule has 1 unspecified atom stereocenters. The van der Waals surface area contributed by atoms with Gasteiger partial charge in [-0.2, -0.15) is 0 Å². The Balaban J connectivity index is 1.67. The van der Waals surface area contributed by atoms with Crippen molar-refractivity contribution in [1.29, 1.82) is 0 Å². The minimum Gasteiger partial charge on any atom is -0.488 e. The second kappa shape index (κ2) is 8.86. The minimum atomic E-state index is -0.769. The monoisotopic (exact) mass is 334 g/mol. The van der Waals surface area contributed by atoms with Crippen LogP contribution in [0.15, 0.2) is 48.5 Å². The van der Waals surface area contributed by atoms with E-state index in [4.69, 9.17) is 4.74 Å². The highest BCUT2D eigenvalue weighted by Gasteiger charge is 2.10. The van der Waals surface area contributed by atoms with Gasteiger partial charge in [0.05, 0.1) is 6.04 Å². The number of hydrogen-bond donors (Lipinski definition) is 2. The third-order valence-electron chi connectivity index (χ3n) is 3.30. The molecule has 6 heteroatoms. The number of rotatable bonds is 7. The van der Waals surface area contributed by atoms with Crippen LogP contribution in [0.5, 0.6) is 5.75 Å². The summed E-state index contributed by atoms with van der Waals surface area (Å²) >= 11 is 0.